The van der Waals surface area contributed by atoms with E-state index in [0.717, 1.165) is 0 Å². The molecule has 0 aliphatic rings. The number of nitrogens with zero attached hydrogens (tertiary/aromatic N) is 1. The summed E-state index contributed by atoms with van der Waals surface area (Å²) in [4.78, 5) is 10.7. The van der Waals surface area contributed by atoms with Crippen molar-refractivity contribution in [2.45, 2.75) is 6.61 Å². The van der Waals surface area contributed by atoms with E-state index in [-0.39, 0.29) is 17.1 Å². The van der Waals surface area contributed by atoms with Crippen molar-refractivity contribution < 1.29 is 28.2 Å². The number of carbonyl (C=O) groups is 1. The largest absolute Gasteiger partial charge is 0.493 e. The summed E-state index contributed by atoms with van der Waals surface area (Å²) in [5, 5.41) is 12.8. The van der Waals surface area contributed by atoms with Crippen molar-refractivity contribution in [1.82, 2.24) is 0 Å². The fourth-order valence-corrected chi connectivity index (χ4v) is 1.83. The molecule has 0 aromatic heterocycles. The summed E-state index contributed by atoms with van der Waals surface area (Å²) in [5.41, 5.74) is 4.10. The van der Waals surface area contributed by atoms with Crippen LogP contribution in [0.1, 0.15) is 15.9 Å². The van der Waals surface area contributed by atoms with Crippen molar-refractivity contribution in [3.05, 3.63) is 53.6 Å². The first-order chi connectivity index (χ1) is 11.5. The molecule has 0 saturated heterocycles. The monoisotopic (exact) mass is 336 g/mol. The zero-order chi connectivity index (χ0) is 17.5. The van der Waals surface area contributed by atoms with E-state index in [9.17, 15) is 13.6 Å². The third-order valence-corrected chi connectivity index (χ3v) is 2.94. The Kier molecular flexibility index (Phi) is 5.67. The molecule has 0 unspecified atom stereocenters. The van der Waals surface area contributed by atoms with Crippen molar-refractivity contribution in [3.63, 3.8) is 0 Å². The van der Waals surface area contributed by atoms with Gasteiger partial charge in [-0.2, -0.15) is 13.9 Å². The summed E-state index contributed by atoms with van der Waals surface area (Å²) in [6.07, 6.45) is 1.46. The zero-order valence-electron chi connectivity index (χ0n) is 12.6. The van der Waals surface area contributed by atoms with E-state index in [1.807, 2.05) is 0 Å². The highest BCUT2D eigenvalue weighted by Gasteiger charge is 2.10. The van der Waals surface area contributed by atoms with Crippen LogP contribution < -0.4 is 14.9 Å². The fourth-order valence-electron chi connectivity index (χ4n) is 1.83. The van der Waals surface area contributed by atoms with Crippen molar-refractivity contribution >= 4 is 17.9 Å². The molecule has 2 rings (SSSR count). The first-order valence-electron chi connectivity index (χ1n) is 6.75. The minimum atomic E-state index is -2.94. The van der Waals surface area contributed by atoms with Crippen LogP contribution in [0.2, 0.25) is 0 Å². The van der Waals surface area contributed by atoms with Crippen LogP contribution in [0.3, 0.4) is 0 Å². The van der Waals surface area contributed by atoms with Crippen LogP contribution in [0.15, 0.2) is 47.6 Å². The van der Waals surface area contributed by atoms with Gasteiger partial charge in [0.05, 0.1) is 24.6 Å². The highest BCUT2D eigenvalue weighted by molar-refractivity contribution is 5.88. The van der Waals surface area contributed by atoms with Crippen LogP contribution in [-0.2, 0) is 0 Å². The lowest BCUT2D eigenvalue weighted by molar-refractivity contribution is -0.0512. The summed E-state index contributed by atoms with van der Waals surface area (Å²) >= 11 is 0. The number of aromatic carboxylic acids is 1. The maximum absolute atomic E-state index is 12.3. The van der Waals surface area contributed by atoms with Gasteiger partial charge >= 0.3 is 12.6 Å². The van der Waals surface area contributed by atoms with E-state index >= 15 is 0 Å². The highest BCUT2D eigenvalue weighted by atomic mass is 19.3. The van der Waals surface area contributed by atoms with E-state index in [4.69, 9.17) is 9.84 Å². The first kappa shape index (κ1) is 17.2. The Labute approximate surface area is 136 Å². The Morgan fingerprint density at radius 2 is 1.92 bits per heavy atom. The Hall–Kier alpha value is -3.16. The molecule has 24 heavy (non-hydrogen) atoms. The van der Waals surface area contributed by atoms with Gasteiger partial charge in [-0.05, 0) is 48.0 Å². The van der Waals surface area contributed by atoms with Crippen LogP contribution in [0.25, 0.3) is 0 Å². The van der Waals surface area contributed by atoms with Gasteiger partial charge in [0, 0.05) is 0 Å². The minimum Gasteiger partial charge on any atom is -0.493 e. The molecule has 2 aromatic carbocycles. The molecule has 0 spiro atoms. The summed E-state index contributed by atoms with van der Waals surface area (Å²) in [6.45, 7) is -2.94. The topological polar surface area (TPSA) is 80.2 Å². The quantitative estimate of drug-likeness (QED) is 0.598. The Bertz CT molecular complexity index is 733. The summed E-state index contributed by atoms with van der Waals surface area (Å²) in [5.74, 6) is -0.921. The SMILES string of the molecule is COc1cc(/C=N\Nc2ccc(C(=O)O)cc2)ccc1OC(F)F. The normalized spacial score (nSPS) is 10.8. The van der Waals surface area contributed by atoms with E-state index in [1.54, 1.807) is 18.2 Å². The van der Waals surface area contributed by atoms with Crippen LogP contribution in [0.4, 0.5) is 14.5 Å². The minimum absolute atomic E-state index is 0.0677. The molecule has 0 aliphatic carbocycles. The smallest absolute Gasteiger partial charge is 0.387 e. The van der Waals surface area contributed by atoms with Gasteiger partial charge in [-0.1, -0.05) is 0 Å². The highest BCUT2D eigenvalue weighted by Crippen LogP contribution is 2.28. The number of carboxylic acids is 1. The molecule has 8 heteroatoms. The molecule has 0 fully saturated rings. The number of nitrogens with one attached hydrogen (secondary N) is 1. The van der Waals surface area contributed by atoms with Crippen molar-refractivity contribution in [1.29, 1.82) is 0 Å². The molecule has 0 atom stereocenters. The fraction of sp³-hybridized carbons (Fsp3) is 0.125. The van der Waals surface area contributed by atoms with Gasteiger partial charge < -0.3 is 14.6 Å². The lowest BCUT2D eigenvalue weighted by Gasteiger charge is -2.10. The molecule has 0 aliphatic heterocycles. The van der Waals surface area contributed by atoms with Gasteiger partial charge in [0.25, 0.3) is 0 Å². The van der Waals surface area contributed by atoms with E-state index in [1.165, 1.54) is 37.6 Å². The molecule has 0 radical (unpaired) electrons. The Balaban J connectivity index is 2.04. The molecule has 6 nitrogen and oxygen atoms in total. The molecule has 0 saturated carbocycles. The maximum Gasteiger partial charge on any atom is 0.387 e. The van der Waals surface area contributed by atoms with Gasteiger partial charge in [0.15, 0.2) is 11.5 Å². The van der Waals surface area contributed by atoms with Gasteiger partial charge in [-0.15, -0.1) is 0 Å². The van der Waals surface area contributed by atoms with Gasteiger partial charge in [-0.3, -0.25) is 5.43 Å². The molecule has 2 aromatic rings. The number of alkyl halides is 2. The van der Waals surface area contributed by atoms with Gasteiger partial charge in [0.1, 0.15) is 0 Å². The van der Waals surface area contributed by atoms with Gasteiger partial charge in [-0.25, -0.2) is 4.79 Å². The molecule has 0 bridgehead atoms. The lowest BCUT2D eigenvalue weighted by Crippen LogP contribution is -2.03. The van der Waals surface area contributed by atoms with Crippen molar-refractivity contribution in [2.24, 2.45) is 5.10 Å². The predicted molar refractivity (Wildman–Crippen MR) is 84.2 cm³/mol. The second kappa shape index (κ2) is 7.91. The molecule has 126 valence electrons. The number of hydrogen-bond donors (Lipinski definition) is 2. The van der Waals surface area contributed by atoms with E-state index in [2.05, 4.69) is 15.3 Å². The molecule has 2 N–H and O–H groups in total. The number of rotatable bonds is 7. The lowest BCUT2D eigenvalue weighted by atomic mass is 10.2. The summed E-state index contributed by atoms with van der Waals surface area (Å²) < 4.78 is 33.8. The van der Waals surface area contributed by atoms with Crippen LogP contribution in [0.5, 0.6) is 11.5 Å². The number of hydrazone groups is 1. The summed E-state index contributed by atoms with van der Waals surface area (Å²) in [6, 6.07) is 10.4. The Morgan fingerprint density at radius 3 is 2.50 bits per heavy atom. The van der Waals surface area contributed by atoms with Crippen molar-refractivity contribution in [2.75, 3.05) is 12.5 Å². The van der Waals surface area contributed by atoms with Crippen LogP contribution >= 0.6 is 0 Å². The van der Waals surface area contributed by atoms with E-state index < -0.39 is 12.6 Å². The number of methoxy groups -OCH3 is 1. The number of ether oxygens (including phenoxy) is 2. The zero-order valence-corrected chi connectivity index (χ0v) is 12.6. The average Bonchev–Trinajstić information content (AvgIpc) is 2.56. The molecule has 0 amide bonds. The molecular formula is C16H14F2N2O4. The molecule has 0 heterocycles. The number of hydrogen-bond acceptors (Lipinski definition) is 5. The van der Waals surface area contributed by atoms with Crippen LogP contribution in [0, 0.1) is 0 Å². The maximum atomic E-state index is 12.3. The third kappa shape index (κ3) is 4.67. The average molecular weight is 336 g/mol. The van der Waals surface area contributed by atoms with Crippen LogP contribution in [-0.4, -0.2) is 31.0 Å². The standard InChI is InChI=1S/C16H14F2N2O4/c1-23-14-8-10(2-7-13(14)24-16(17)18)9-19-20-12-5-3-11(4-6-12)15(21)22/h2-9,16,20H,1H3,(H,21,22)/b19-9-. The predicted octanol–water partition coefficient (Wildman–Crippen LogP) is 3.44. The van der Waals surface area contributed by atoms with Gasteiger partial charge in [0.2, 0.25) is 0 Å². The number of halogens is 2. The number of anilines is 1. The molecular weight excluding hydrogens is 322 g/mol. The third-order valence-electron chi connectivity index (χ3n) is 2.94. The Morgan fingerprint density at radius 1 is 1.21 bits per heavy atom. The second-order valence-corrected chi connectivity index (χ2v) is 4.54. The van der Waals surface area contributed by atoms with Crippen molar-refractivity contribution in [3.8, 4) is 11.5 Å². The number of benzene rings is 2. The second-order valence-electron chi connectivity index (χ2n) is 4.54. The first-order valence-corrected chi connectivity index (χ1v) is 6.75. The summed E-state index contributed by atoms with van der Waals surface area (Å²) in [7, 11) is 1.34. The van der Waals surface area contributed by atoms with E-state index in [0.29, 0.717) is 11.3 Å². The number of carboxylic acid groups (broad SMARTS) is 1.